The summed E-state index contributed by atoms with van der Waals surface area (Å²) in [5.41, 5.74) is 0. The van der Waals surface area contributed by atoms with Crippen LogP contribution in [0.1, 0.15) is 20.8 Å². The van der Waals surface area contributed by atoms with Crippen molar-refractivity contribution in [3.8, 4) is 0 Å². The number of rotatable bonds is 9. The van der Waals surface area contributed by atoms with Crippen molar-refractivity contribution >= 4 is 43.5 Å². The Morgan fingerprint density at radius 1 is 0.909 bits per heavy atom. The van der Waals surface area contributed by atoms with Crippen LogP contribution in [0.3, 0.4) is 0 Å². The van der Waals surface area contributed by atoms with Gasteiger partial charge in [0.05, 0.1) is 19.8 Å². The van der Waals surface area contributed by atoms with Gasteiger partial charge in [-0.2, -0.15) is 0 Å². The lowest BCUT2D eigenvalue weighted by atomic mass is 10.4. The molecule has 5 nitrogen and oxygen atoms in total. The van der Waals surface area contributed by atoms with Crippen LogP contribution in [0.15, 0.2) is 30.3 Å². The number of hydrogen-bond acceptors (Lipinski definition) is 5. The molecule has 126 valence electrons. The summed E-state index contributed by atoms with van der Waals surface area (Å²) in [5, 5.41) is 0.251. The number of benzene rings is 1. The number of alkyl halides is 2. The third kappa shape index (κ3) is 3.79. The van der Waals surface area contributed by atoms with E-state index in [1.54, 1.807) is 51.1 Å². The summed E-state index contributed by atoms with van der Waals surface area (Å²) in [5.74, 6) is 0. The summed E-state index contributed by atoms with van der Waals surface area (Å²) >= 11 is 12.6. The third-order valence-corrected chi connectivity index (χ3v) is 11.0. The molecule has 1 aromatic carbocycles. The first-order valence-electron chi connectivity index (χ1n) is 6.86. The molecule has 0 bridgehead atoms. The van der Waals surface area contributed by atoms with Crippen LogP contribution < -0.4 is 5.30 Å². The Balaban J connectivity index is 3.46. The summed E-state index contributed by atoms with van der Waals surface area (Å²) in [6.07, 6.45) is 0. The summed E-state index contributed by atoms with van der Waals surface area (Å²) in [6, 6.07) is 8.18. The third-order valence-electron chi connectivity index (χ3n) is 2.69. The second kappa shape index (κ2) is 8.30. The maximum Gasteiger partial charge on any atom is 0.376 e. The van der Waals surface area contributed by atoms with Crippen molar-refractivity contribution in [1.82, 2.24) is 0 Å². The lowest BCUT2D eigenvalue weighted by molar-refractivity contribution is 0.217. The molecule has 1 atom stereocenters. The van der Waals surface area contributed by atoms with Crippen LogP contribution in [-0.2, 0) is 22.7 Å². The second-order valence-corrected chi connectivity index (χ2v) is 11.6. The van der Waals surface area contributed by atoms with E-state index in [9.17, 15) is 9.13 Å². The van der Waals surface area contributed by atoms with Crippen LogP contribution in [-0.4, -0.2) is 23.6 Å². The topological polar surface area (TPSA) is 61.8 Å². The predicted molar refractivity (Wildman–Crippen MR) is 90.6 cm³/mol. The first kappa shape index (κ1) is 20.2. The Bertz CT molecular complexity index is 555. The highest BCUT2D eigenvalue weighted by molar-refractivity contribution is 7.86. The van der Waals surface area contributed by atoms with Crippen LogP contribution in [0.4, 0.5) is 0 Å². The molecule has 0 saturated heterocycles. The van der Waals surface area contributed by atoms with Gasteiger partial charge in [0, 0.05) is 5.30 Å². The minimum atomic E-state index is -4.10. The first-order valence-corrected chi connectivity index (χ1v) is 10.8. The molecule has 0 aliphatic carbocycles. The summed E-state index contributed by atoms with van der Waals surface area (Å²) in [7, 11) is -8.03. The van der Waals surface area contributed by atoms with E-state index in [0.29, 0.717) is 0 Å². The normalized spacial score (nSPS) is 15.5. The van der Waals surface area contributed by atoms with E-state index in [1.165, 1.54) is 0 Å². The average Bonchev–Trinajstić information content (AvgIpc) is 2.48. The highest BCUT2D eigenvalue weighted by Gasteiger charge is 2.63. The monoisotopic (exact) mass is 388 g/mol. The summed E-state index contributed by atoms with van der Waals surface area (Å²) < 4.78 is 39.8. The quantitative estimate of drug-likeness (QED) is 0.440. The van der Waals surface area contributed by atoms with Crippen LogP contribution in [0.2, 0.25) is 0 Å². The lowest BCUT2D eigenvalue weighted by Crippen LogP contribution is -2.26. The smallest absolute Gasteiger partial charge is 0.323 e. The largest absolute Gasteiger partial charge is 0.376 e. The van der Waals surface area contributed by atoms with Gasteiger partial charge in [0.1, 0.15) is 0 Å². The first-order chi connectivity index (χ1) is 10.3. The highest BCUT2D eigenvalue weighted by atomic mass is 35.5. The summed E-state index contributed by atoms with van der Waals surface area (Å²) in [6.45, 7) is 5.03. The van der Waals surface area contributed by atoms with Gasteiger partial charge in [-0.05, 0) is 32.9 Å². The van der Waals surface area contributed by atoms with Crippen LogP contribution in [0.5, 0.6) is 0 Å². The van der Waals surface area contributed by atoms with E-state index in [4.69, 9.17) is 36.8 Å². The fourth-order valence-electron chi connectivity index (χ4n) is 1.81. The molecular formula is C13H20Cl2O5P2. The van der Waals surface area contributed by atoms with Gasteiger partial charge in [-0.15, -0.1) is 0 Å². The predicted octanol–water partition coefficient (Wildman–Crippen LogP) is 4.98. The molecule has 0 spiro atoms. The zero-order valence-electron chi connectivity index (χ0n) is 12.7. The van der Waals surface area contributed by atoms with Gasteiger partial charge in [-0.3, -0.25) is 9.13 Å². The molecule has 0 heterocycles. The molecule has 0 aliphatic heterocycles. The van der Waals surface area contributed by atoms with E-state index >= 15 is 0 Å². The minimum absolute atomic E-state index is 0.0411. The van der Waals surface area contributed by atoms with Gasteiger partial charge in [-0.25, -0.2) is 0 Å². The maximum atomic E-state index is 13.4. The second-order valence-electron chi connectivity index (χ2n) is 4.15. The molecular weight excluding hydrogens is 369 g/mol. The molecule has 1 rings (SSSR count). The van der Waals surface area contributed by atoms with Crippen molar-refractivity contribution < 1.29 is 22.7 Å². The van der Waals surface area contributed by atoms with Crippen LogP contribution in [0.25, 0.3) is 0 Å². The molecule has 0 amide bonds. The van der Waals surface area contributed by atoms with E-state index < -0.39 is 18.8 Å². The van der Waals surface area contributed by atoms with Crippen LogP contribution in [0, 0.1) is 0 Å². The molecule has 0 aromatic heterocycles. The number of hydrogen-bond donors (Lipinski definition) is 0. The van der Waals surface area contributed by atoms with Gasteiger partial charge in [0.25, 0.3) is 11.2 Å². The van der Waals surface area contributed by atoms with Crippen molar-refractivity contribution in [3.63, 3.8) is 0 Å². The molecule has 0 aliphatic rings. The van der Waals surface area contributed by atoms with Crippen molar-refractivity contribution in [1.29, 1.82) is 0 Å². The molecule has 9 heteroatoms. The Morgan fingerprint density at radius 2 is 1.36 bits per heavy atom. The van der Waals surface area contributed by atoms with Gasteiger partial charge in [0.15, 0.2) is 0 Å². The Hall–Kier alpha value is 0.140. The van der Waals surface area contributed by atoms with Gasteiger partial charge >= 0.3 is 7.60 Å². The average molecular weight is 389 g/mol. The highest BCUT2D eigenvalue weighted by Crippen LogP contribution is 2.80. The SMILES string of the molecule is CCOP(=O)(OCC)C(Cl)(Cl)[P@@](=O)(OCC)c1ccccc1. The fourth-order valence-corrected chi connectivity index (χ4v) is 8.04. The summed E-state index contributed by atoms with van der Waals surface area (Å²) in [4.78, 5) is 0. The van der Waals surface area contributed by atoms with Gasteiger partial charge < -0.3 is 13.6 Å². The number of halogens is 2. The van der Waals surface area contributed by atoms with E-state index in [-0.39, 0.29) is 25.1 Å². The van der Waals surface area contributed by atoms with Crippen molar-refractivity contribution in [2.24, 2.45) is 0 Å². The van der Waals surface area contributed by atoms with Gasteiger partial charge in [0.2, 0.25) is 0 Å². The lowest BCUT2D eigenvalue weighted by Gasteiger charge is -2.34. The van der Waals surface area contributed by atoms with E-state index in [2.05, 4.69) is 0 Å². The molecule has 0 N–H and O–H groups in total. The standard InChI is InChI=1S/C13H20Cl2O5P2/c1-4-18-21(16,12-10-8-7-9-11-12)13(14,15)22(17,19-5-2)20-6-3/h7-11H,4-6H2,1-3H3/t21-/m0/s1. The van der Waals surface area contributed by atoms with E-state index in [1.807, 2.05) is 0 Å². The maximum absolute atomic E-state index is 13.4. The van der Waals surface area contributed by atoms with E-state index in [0.717, 1.165) is 0 Å². The van der Waals surface area contributed by atoms with Crippen LogP contribution >= 0.6 is 38.2 Å². The zero-order chi connectivity index (χ0) is 16.9. The molecule has 0 saturated carbocycles. The van der Waals surface area contributed by atoms with Crippen molar-refractivity contribution in [2.75, 3.05) is 19.8 Å². The molecule has 0 unspecified atom stereocenters. The minimum Gasteiger partial charge on any atom is -0.323 e. The molecule has 1 aromatic rings. The molecule has 0 radical (unpaired) electrons. The molecule has 22 heavy (non-hydrogen) atoms. The van der Waals surface area contributed by atoms with Crippen molar-refractivity contribution in [3.05, 3.63) is 30.3 Å². The fraction of sp³-hybridized carbons (Fsp3) is 0.538. The van der Waals surface area contributed by atoms with Crippen molar-refractivity contribution in [2.45, 2.75) is 24.6 Å². The Morgan fingerprint density at radius 3 is 1.77 bits per heavy atom. The van der Waals surface area contributed by atoms with Gasteiger partial charge in [-0.1, -0.05) is 41.4 Å². The Labute approximate surface area is 141 Å². The molecule has 0 fully saturated rings. The zero-order valence-corrected chi connectivity index (χ0v) is 16.0. The Kier molecular flexibility index (Phi) is 7.62.